The topological polar surface area (TPSA) is 53.1 Å². The molecule has 1 rings (SSSR count). The molecule has 1 aliphatic heterocycles. The van der Waals surface area contributed by atoms with E-state index in [4.69, 9.17) is 11.1 Å². The summed E-state index contributed by atoms with van der Waals surface area (Å²) < 4.78 is 0. The summed E-state index contributed by atoms with van der Waals surface area (Å²) in [5.74, 6) is 0.310. The molecule has 0 aromatic heterocycles. The van der Waals surface area contributed by atoms with Crippen molar-refractivity contribution in [2.75, 3.05) is 6.54 Å². The predicted octanol–water partition coefficient (Wildman–Crippen LogP) is 2.42. The van der Waals surface area contributed by atoms with Gasteiger partial charge < -0.3 is 5.73 Å². The van der Waals surface area contributed by atoms with Gasteiger partial charge in [0.25, 0.3) is 0 Å². The van der Waals surface area contributed by atoms with Crippen LogP contribution >= 0.6 is 24.8 Å². The molecule has 0 saturated carbocycles. The fraction of sp³-hybridized carbons (Fsp3) is 0.900. The van der Waals surface area contributed by atoms with Gasteiger partial charge in [-0.1, -0.05) is 6.42 Å². The Morgan fingerprint density at radius 1 is 1.27 bits per heavy atom. The summed E-state index contributed by atoms with van der Waals surface area (Å²) in [5.41, 5.74) is 5.36. The van der Waals surface area contributed by atoms with Crippen molar-refractivity contribution in [1.29, 1.82) is 5.41 Å². The van der Waals surface area contributed by atoms with Gasteiger partial charge in [0, 0.05) is 25.0 Å². The molecule has 1 saturated heterocycles. The van der Waals surface area contributed by atoms with Gasteiger partial charge >= 0.3 is 0 Å². The van der Waals surface area contributed by atoms with Gasteiger partial charge in [0.2, 0.25) is 0 Å². The molecular weight excluding hydrogens is 233 g/mol. The van der Waals surface area contributed by atoms with E-state index in [1.807, 2.05) is 0 Å². The summed E-state index contributed by atoms with van der Waals surface area (Å²) in [6, 6.07) is 1.34. The normalized spacial score (nSPS) is 26.3. The monoisotopic (exact) mass is 255 g/mol. The molecule has 0 amide bonds. The lowest BCUT2D eigenvalue weighted by Crippen LogP contribution is -2.44. The van der Waals surface area contributed by atoms with Crippen LogP contribution in [0.3, 0.4) is 0 Å². The maximum Gasteiger partial charge on any atom is 0.0918 e. The van der Waals surface area contributed by atoms with Crippen molar-refractivity contribution in [3.8, 4) is 0 Å². The van der Waals surface area contributed by atoms with Crippen molar-refractivity contribution >= 4 is 30.6 Å². The zero-order chi connectivity index (χ0) is 9.84. The van der Waals surface area contributed by atoms with E-state index < -0.39 is 0 Å². The number of piperidine rings is 1. The first-order valence-electron chi connectivity index (χ1n) is 5.20. The molecular formula is C10H23Cl2N3. The van der Waals surface area contributed by atoms with Gasteiger partial charge in [0.1, 0.15) is 0 Å². The number of rotatable bonds is 3. The lowest BCUT2D eigenvalue weighted by Gasteiger charge is -2.38. The Bertz CT molecular complexity index is 178. The molecule has 0 aliphatic carbocycles. The average Bonchev–Trinajstić information content (AvgIpc) is 2.03. The van der Waals surface area contributed by atoms with Crippen LogP contribution in [0.25, 0.3) is 0 Å². The van der Waals surface area contributed by atoms with Gasteiger partial charge in [-0.15, -0.1) is 24.8 Å². The number of amidine groups is 1. The van der Waals surface area contributed by atoms with E-state index in [0.717, 1.165) is 6.54 Å². The molecule has 0 bridgehead atoms. The van der Waals surface area contributed by atoms with Crippen LogP contribution in [0.2, 0.25) is 0 Å². The Morgan fingerprint density at radius 2 is 1.73 bits per heavy atom. The summed E-state index contributed by atoms with van der Waals surface area (Å²) in [6.07, 6.45) is 4.65. The summed E-state index contributed by atoms with van der Waals surface area (Å²) in [4.78, 5) is 2.48. The van der Waals surface area contributed by atoms with Gasteiger partial charge in [-0.2, -0.15) is 0 Å². The van der Waals surface area contributed by atoms with Gasteiger partial charge in [0.05, 0.1) is 5.84 Å². The highest BCUT2D eigenvalue weighted by Crippen LogP contribution is 2.22. The second-order valence-electron chi connectivity index (χ2n) is 4.14. The molecule has 3 N–H and O–H groups in total. The van der Waals surface area contributed by atoms with Crippen LogP contribution in [-0.4, -0.2) is 29.4 Å². The van der Waals surface area contributed by atoms with Crippen LogP contribution in [0.4, 0.5) is 0 Å². The molecule has 1 heterocycles. The Labute approximate surface area is 105 Å². The van der Waals surface area contributed by atoms with Gasteiger partial charge in [-0.3, -0.25) is 10.3 Å². The van der Waals surface area contributed by atoms with Crippen LogP contribution in [-0.2, 0) is 0 Å². The number of nitrogens with one attached hydrogen (secondary N) is 1. The number of nitrogens with two attached hydrogens (primary N) is 1. The van der Waals surface area contributed by atoms with Crippen molar-refractivity contribution in [3.05, 3.63) is 0 Å². The number of likely N-dealkylation sites (tertiary alicyclic amines) is 1. The highest BCUT2D eigenvalue weighted by atomic mass is 35.5. The lowest BCUT2D eigenvalue weighted by atomic mass is 9.97. The van der Waals surface area contributed by atoms with Crippen LogP contribution in [0.1, 0.15) is 39.5 Å². The van der Waals surface area contributed by atoms with Crippen LogP contribution in [0, 0.1) is 5.41 Å². The van der Waals surface area contributed by atoms with Gasteiger partial charge in [0.15, 0.2) is 0 Å². The van der Waals surface area contributed by atoms with E-state index in [0.29, 0.717) is 24.3 Å². The second-order valence-corrected chi connectivity index (χ2v) is 4.14. The predicted molar refractivity (Wildman–Crippen MR) is 70.5 cm³/mol. The van der Waals surface area contributed by atoms with Gasteiger partial charge in [-0.25, -0.2) is 0 Å². The van der Waals surface area contributed by atoms with Crippen molar-refractivity contribution in [3.63, 3.8) is 0 Å². The summed E-state index contributed by atoms with van der Waals surface area (Å²) in [6.45, 7) is 5.50. The largest absolute Gasteiger partial charge is 0.388 e. The molecule has 2 atom stereocenters. The minimum absolute atomic E-state index is 0. The fourth-order valence-electron chi connectivity index (χ4n) is 2.17. The van der Waals surface area contributed by atoms with E-state index in [9.17, 15) is 0 Å². The first-order chi connectivity index (χ1) is 6.11. The second kappa shape index (κ2) is 8.20. The van der Waals surface area contributed by atoms with Crippen LogP contribution < -0.4 is 5.73 Å². The van der Waals surface area contributed by atoms with Crippen molar-refractivity contribution < 1.29 is 0 Å². The quantitative estimate of drug-likeness (QED) is 0.602. The molecule has 0 aromatic rings. The van der Waals surface area contributed by atoms with E-state index in [2.05, 4.69) is 18.7 Å². The molecule has 1 fully saturated rings. The zero-order valence-corrected chi connectivity index (χ0v) is 11.2. The molecule has 0 aromatic carbocycles. The Kier molecular flexibility index (Phi) is 9.51. The Morgan fingerprint density at radius 3 is 2.13 bits per heavy atom. The zero-order valence-electron chi connectivity index (χ0n) is 9.53. The molecule has 0 radical (unpaired) electrons. The smallest absolute Gasteiger partial charge is 0.0918 e. The van der Waals surface area contributed by atoms with Gasteiger partial charge in [-0.05, 0) is 26.7 Å². The summed E-state index contributed by atoms with van der Waals surface area (Å²) in [5, 5.41) is 7.20. The Balaban J connectivity index is 0. The van der Waals surface area contributed by atoms with E-state index >= 15 is 0 Å². The maximum absolute atomic E-state index is 7.20. The first kappa shape index (κ1) is 17.4. The number of nitrogens with zero attached hydrogens (tertiary/aromatic N) is 1. The minimum atomic E-state index is 0. The molecule has 2 unspecified atom stereocenters. The molecule has 1 aliphatic rings. The fourth-order valence-corrected chi connectivity index (χ4v) is 2.17. The standard InChI is InChI=1S/C10H21N3.2ClH/c1-8-4-3-5-9(2)13(8)7-6-10(11)12;;/h8-9H,3-7H2,1-2H3,(H3,11,12);2*1H. The van der Waals surface area contributed by atoms with E-state index in [1.54, 1.807) is 0 Å². The number of hydrogen-bond donors (Lipinski definition) is 2. The number of hydrogen-bond acceptors (Lipinski definition) is 2. The average molecular weight is 256 g/mol. The summed E-state index contributed by atoms with van der Waals surface area (Å²) >= 11 is 0. The lowest BCUT2D eigenvalue weighted by molar-refractivity contribution is 0.107. The molecule has 3 nitrogen and oxygen atoms in total. The third kappa shape index (κ3) is 5.59. The molecule has 92 valence electrons. The van der Waals surface area contributed by atoms with Crippen molar-refractivity contribution in [1.82, 2.24) is 4.90 Å². The molecule has 5 heteroatoms. The highest BCUT2D eigenvalue weighted by molar-refractivity contribution is 5.85. The van der Waals surface area contributed by atoms with Crippen LogP contribution in [0.15, 0.2) is 0 Å². The van der Waals surface area contributed by atoms with E-state index in [1.165, 1.54) is 19.3 Å². The van der Waals surface area contributed by atoms with Crippen molar-refractivity contribution in [2.24, 2.45) is 5.73 Å². The first-order valence-corrected chi connectivity index (χ1v) is 5.20. The molecule has 15 heavy (non-hydrogen) atoms. The third-order valence-electron chi connectivity index (χ3n) is 3.02. The van der Waals surface area contributed by atoms with E-state index in [-0.39, 0.29) is 24.8 Å². The highest BCUT2D eigenvalue weighted by Gasteiger charge is 2.23. The maximum atomic E-state index is 7.20. The minimum Gasteiger partial charge on any atom is -0.388 e. The SMILES string of the molecule is CC1CCCC(C)N1CCC(=N)N.Cl.Cl. The third-order valence-corrected chi connectivity index (χ3v) is 3.02. The Hall–Kier alpha value is 0.01000. The number of halogens is 2. The summed E-state index contributed by atoms with van der Waals surface area (Å²) in [7, 11) is 0. The van der Waals surface area contributed by atoms with Crippen molar-refractivity contribution in [2.45, 2.75) is 51.6 Å². The van der Waals surface area contributed by atoms with Crippen LogP contribution in [0.5, 0.6) is 0 Å². The molecule has 0 spiro atoms.